The van der Waals surface area contributed by atoms with Crippen LogP contribution in [-0.2, 0) is 4.74 Å². The van der Waals surface area contributed by atoms with Crippen molar-refractivity contribution < 1.29 is 13.9 Å². The first-order valence-corrected chi connectivity index (χ1v) is 7.91. The largest absolute Gasteiger partial charge is 0.460 e. The highest BCUT2D eigenvalue weighted by atomic mass is 127. The lowest BCUT2D eigenvalue weighted by Crippen LogP contribution is -2.07. The second-order valence-electron chi connectivity index (χ2n) is 4.25. The van der Waals surface area contributed by atoms with Crippen LogP contribution >= 0.6 is 33.9 Å². The number of hydrogen-bond donors (Lipinski definition) is 0. The minimum absolute atomic E-state index is 0.106. The molecule has 0 saturated heterocycles. The van der Waals surface area contributed by atoms with E-state index in [9.17, 15) is 4.79 Å². The molecule has 6 heteroatoms. The average Bonchev–Trinajstić information content (AvgIpc) is 2.94. The molecule has 0 unspecified atom stereocenters. The lowest BCUT2D eigenvalue weighted by molar-refractivity contribution is 0.0488. The molecule has 102 valence electrons. The van der Waals surface area contributed by atoms with Gasteiger partial charge in [-0.05, 0) is 41.5 Å². The van der Waals surface area contributed by atoms with Crippen LogP contribution in [0, 0.1) is 2.88 Å². The molecule has 0 bridgehead atoms. The Bertz CT molecular complexity index is 588. The van der Waals surface area contributed by atoms with Gasteiger partial charge in [0.15, 0.2) is 0 Å². The third-order valence-corrected chi connectivity index (χ3v) is 4.26. The normalized spacial score (nSPS) is 11.0. The number of carbonyl (C=O) groups excluding carboxylic acids is 1. The summed E-state index contributed by atoms with van der Waals surface area (Å²) in [6.45, 7) is 6.04. The molecule has 19 heavy (non-hydrogen) atoms. The van der Waals surface area contributed by atoms with Crippen molar-refractivity contribution in [1.82, 2.24) is 4.98 Å². The van der Waals surface area contributed by atoms with Crippen molar-refractivity contribution in [2.24, 2.45) is 0 Å². The molecule has 2 rings (SSSR count). The fourth-order valence-electron chi connectivity index (χ4n) is 1.61. The molecule has 0 atom stereocenters. The maximum absolute atomic E-state index is 11.9. The van der Waals surface area contributed by atoms with E-state index in [-0.39, 0.29) is 11.7 Å². The third-order valence-electron chi connectivity index (χ3n) is 2.48. The summed E-state index contributed by atoms with van der Waals surface area (Å²) < 4.78 is 11.8. The number of halogens is 1. The van der Waals surface area contributed by atoms with E-state index >= 15 is 0 Å². The number of hydrogen-bond acceptors (Lipinski definition) is 5. The number of aromatic nitrogens is 1. The highest BCUT2D eigenvalue weighted by Gasteiger charge is 2.24. The summed E-state index contributed by atoms with van der Waals surface area (Å²) in [4.78, 5) is 16.3. The molecule has 0 N–H and O–H groups in total. The predicted octanol–water partition coefficient (Wildman–Crippen LogP) is 4.31. The number of oxazole rings is 1. The van der Waals surface area contributed by atoms with Gasteiger partial charge in [0.05, 0.1) is 15.2 Å². The summed E-state index contributed by atoms with van der Waals surface area (Å²) in [6.07, 6.45) is 0. The molecule has 4 nitrogen and oxygen atoms in total. The van der Waals surface area contributed by atoms with Crippen LogP contribution in [0.25, 0.3) is 11.5 Å². The standard InChI is InChI=1S/C13H14INO3S/c1-4-17-13(16)11-10(7(2)3)15-12(18-11)8-5-9(14)19-6-8/h5-7H,4H2,1-3H3. The van der Waals surface area contributed by atoms with Crippen molar-refractivity contribution >= 4 is 39.9 Å². The number of ether oxygens (including phenoxy) is 1. The Hall–Kier alpha value is -0.890. The second-order valence-corrected chi connectivity index (χ2v) is 7.05. The van der Waals surface area contributed by atoms with Gasteiger partial charge in [-0.2, -0.15) is 0 Å². The third kappa shape index (κ3) is 3.17. The lowest BCUT2D eigenvalue weighted by Gasteiger charge is -2.02. The van der Waals surface area contributed by atoms with E-state index in [4.69, 9.17) is 9.15 Å². The van der Waals surface area contributed by atoms with Gasteiger partial charge < -0.3 is 9.15 Å². The van der Waals surface area contributed by atoms with Crippen molar-refractivity contribution in [1.29, 1.82) is 0 Å². The first-order chi connectivity index (χ1) is 9.02. The van der Waals surface area contributed by atoms with Crippen molar-refractivity contribution in [3.05, 3.63) is 25.8 Å². The summed E-state index contributed by atoms with van der Waals surface area (Å²) in [6, 6.07) is 1.98. The summed E-state index contributed by atoms with van der Waals surface area (Å²) in [5.41, 5.74) is 1.54. The first kappa shape index (κ1) is 14.5. The summed E-state index contributed by atoms with van der Waals surface area (Å²) >= 11 is 3.85. The molecular weight excluding hydrogens is 377 g/mol. The fraction of sp³-hybridized carbons (Fsp3) is 0.385. The molecule has 2 aromatic rings. The zero-order chi connectivity index (χ0) is 14.0. The zero-order valence-corrected chi connectivity index (χ0v) is 13.9. The van der Waals surface area contributed by atoms with Crippen molar-refractivity contribution in [3.8, 4) is 11.5 Å². The van der Waals surface area contributed by atoms with Crippen LogP contribution in [0.15, 0.2) is 15.9 Å². The Morgan fingerprint density at radius 2 is 2.32 bits per heavy atom. The molecule has 0 saturated carbocycles. The van der Waals surface area contributed by atoms with Crippen molar-refractivity contribution in [2.75, 3.05) is 6.61 Å². The Balaban J connectivity index is 2.43. The van der Waals surface area contributed by atoms with Crippen LogP contribution < -0.4 is 0 Å². The monoisotopic (exact) mass is 391 g/mol. The van der Waals surface area contributed by atoms with Gasteiger partial charge in [-0.3, -0.25) is 0 Å². The van der Waals surface area contributed by atoms with Crippen LogP contribution in [-0.4, -0.2) is 17.6 Å². The Morgan fingerprint density at radius 3 is 2.84 bits per heavy atom. The van der Waals surface area contributed by atoms with Gasteiger partial charge in [0.25, 0.3) is 0 Å². The second kappa shape index (κ2) is 6.04. The molecule has 2 heterocycles. The molecule has 0 aromatic carbocycles. The van der Waals surface area contributed by atoms with Gasteiger partial charge >= 0.3 is 5.97 Å². The van der Waals surface area contributed by atoms with Crippen molar-refractivity contribution in [2.45, 2.75) is 26.7 Å². The number of rotatable bonds is 4. The van der Waals surface area contributed by atoms with E-state index in [0.717, 1.165) is 8.45 Å². The van der Waals surface area contributed by atoms with E-state index in [1.807, 2.05) is 25.3 Å². The maximum atomic E-state index is 11.9. The van der Waals surface area contributed by atoms with E-state index in [0.29, 0.717) is 18.2 Å². The average molecular weight is 391 g/mol. The molecule has 2 aromatic heterocycles. The van der Waals surface area contributed by atoms with Crippen LogP contribution in [0.4, 0.5) is 0 Å². The minimum Gasteiger partial charge on any atom is -0.460 e. The summed E-state index contributed by atoms with van der Waals surface area (Å²) in [7, 11) is 0. The molecule has 0 aliphatic heterocycles. The quantitative estimate of drug-likeness (QED) is 0.576. The molecule has 0 aliphatic carbocycles. The summed E-state index contributed by atoms with van der Waals surface area (Å²) in [5, 5.41) is 1.96. The number of carbonyl (C=O) groups is 1. The molecule has 0 spiro atoms. The lowest BCUT2D eigenvalue weighted by atomic mass is 10.1. The van der Waals surface area contributed by atoms with E-state index in [1.54, 1.807) is 18.3 Å². The van der Waals surface area contributed by atoms with Crippen LogP contribution in [0.1, 0.15) is 42.9 Å². The number of esters is 1. The Labute approximate surface area is 129 Å². The highest BCUT2D eigenvalue weighted by molar-refractivity contribution is 14.1. The Kier molecular flexibility index (Phi) is 4.62. The van der Waals surface area contributed by atoms with Gasteiger partial charge in [-0.15, -0.1) is 11.3 Å². The smallest absolute Gasteiger partial charge is 0.376 e. The van der Waals surface area contributed by atoms with Crippen LogP contribution in [0.3, 0.4) is 0 Å². The molecular formula is C13H14INO3S. The van der Waals surface area contributed by atoms with Gasteiger partial charge in [-0.25, -0.2) is 9.78 Å². The number of nitrogens with zero attached hydrogens (tertiary/aromatic N) is 1. The SMILES string of the molecule is CCOC(=O)c1oc(-c2csc(I)c2)nc1C(C)C. The van der Waals surface area contributed by atoms with Gasteiger partial charge in [0.2, 0.25) is 11.7 Å². The van der Waals surface area contributed by atoms with E-state index in [1.165, 1.54) is 0 Å². The Morgan fingerprint density at radius 1 is 1.58 bits per heavy atom. The predicted molar refractivity (Wildman–Crippen MR) is 82.6 cm³/mol. The highest BCUT2D eigenvalue weighted by Crippen LogP contribution is 2.30. The molecule has 0 radical (unpaired) electrons. The zero-order valence-electron chi connectivity index (χ0n) is 10.9. The maximum Gasteiger partial charge on any atom is 0.376 e. The molecule has 0 fully saturated rings. The van der Waals surface area contributed by atoms with Gasteiger partial charge in [0.1, 0.15) is 0 Å². The topological polar surface area (TPSA) is 52.3 Å². The van der Waals surface area contributed by atoms with Crippen LogP contribution in [0.2, 0.25) is 0 Å². The van der Waals surface area contributed by atoms with Gasteiger partial charge in [-0.1, -0.05) is 13.8 Å². The van der Waals surface area contributed by atoms with Crippen LogP contribution in [0.5, 0.6) is 0 Å². The molecule has 0 aliphatic rings. The van der Waals surface area contributed by atoms with Gasteiger partial charge in [0, 0.05) is 10.9 Å². The van der Waals surface area contributed by atoms with E-state index in [2.05, 4.69) is 27.6 Å². The minimum atomic E-state index is -0.449. The van der Waals surface area contributed by atoms with Crippen molar-refractivity contribution in [3.63, 3.8) is 0 Å². The number of thiophene rings is 1. The fourth-order valence-corrected chi connectivity index (χ4v) is 2.93. The van der Waals surface area contributed by atoms with E-state index < -0.39 is 5.97 Å². The first-order valence-electron chi connectivity index (χ1n) is 5.95. The molecule has 0 amide bonds. The summed E-state index contributed by atoms with van der Waals surface area (Å²) in [5.74, 6) is 0.350.